The van der Waals surface area contributed by atoms with Crippen LogP contribution in [-0.2, 0) is 9.53 Å². The zero-order valence-electron chi connectivity index (χ0n) is 9.96. The Balaban J connectivity index is 2.87. The third-order valence-corrected chi connectivity index (χ3v) is 2.21. The van der Waals surface area contributed by atoms with Crippen LogP contribution in [0.2, 0.25) is 0 Å². The van der Waals surface area contributed by atoms with Crippen molar-refractivity contribution in [1.29, 1.82) is 0 Å². The summed E-state index contributed by atoms with van der Waals surface area (Å²) >= 11 is 0. The number of ether oxygens (including phenoxy) is 1. The number of carbonyl (C=O) groups is 1. The van der Waals surface area contributed by atoms with Gasteiger partial charge in [0, 0.05) is 38.5 Å². The van der Waals surface area contributed by atoms with Gasteiger partial charge < -0.3 is 14.7 Å². The first-order chi connectivity index (χ1) is 8.15. The zero-order chi connectivity index (χ0) is 12.7. The van der Waals surface area contributed by atoms with E-state index >= 15 is 0 Å². The molecule has 0 amide bonds. The number of anilines is 1. The van der Waals surface area contributed by atoms with Crippen molar-refractivity contribution in [2.45, 2.75) is 0 Å². The first-order valence-electron chi connectivity index (χ1n) is 5.21. The van der Waals surface area contributed by atoms with Gasteiger partial charge in [-0.25, -0.2) is 9.78 Å². The van der Waals surface area contributed by atoms with E-state index in [1.54, 1.807) is 19.4 Å². The van der Waals surface area contributed by atoms with Crippen LogP contribution in [0, 0.1) is 0 Å². The molecule has 92 valence electrons. The summed E-state index contributed by atoms with van der Waals surface area (Å²) in [5, 5.41) is 8.60. The summed E-state index contributed by atoms with van der Waals surface area (Å²) in [6.07, 6.45) is 4.31. The average Bonchev–Trinajstić information content (AvgIpc) is 2.33. The molecule has 0 bridgehead atoms. The minimum Gasteiger partial charge on any atom is -0.478 e. The molecule has 1 rings (SSSR count). The van der Waals surface area contributed by atoms with Gasteiger partial charge in [-0.15, -0.1) is 0 Å². The number of nitrogens with zero attached hydrogens (tertiary/aromatic N) is 2. The molecule has 0 unspecified atom stereocenters. The maximum atomic E-state index is 10.5. The lowest BCUT2D eigenvalue weighted by molar-refractivity contribution is -0.131. The SMILES string of the molecule is COCCN(C)c1ncccc1/C=C/C(=O)O. The van der Waals surface area contributed by atoms with Crippen molar-refractivity contribution in [2.75, 3.05) is 32.2 Å². The van der Waals surface area contributed by atoms with Crippen molar-refractivity contribution in [3.63, 3.8) is 0 Å². The molecular formula is C12H16N2O3. The number of hydrogen-bond donors (Lipinski definition) is 1. The normalized spacial score (nSPS) is 10.7. The standard InChI is InChI=1S/C12H16N2O3/c1-14(8-9-17-2)12-10(4-3-7-13-12)5-6-11(15)16/h3-7H,8-9H2,1-2H3,(H,15,16)/b6-5+. The van der Waals surface area contributed by atoms with Gasteiger partial charge in [0.25, 0.3) is 0 Å². The number of aliphatic carboxylic acids is 1. The molecule has 1 aromatic rings. The molecule has 0 radical (unpaired) electrons. The Labute approximate surface area is 100 Å². The van der Waals surface area contributed by atoms with Crippen molar-refractivity contribution in [3.8, 4) is 0 Å². The Morgan fingerprint density at radius 2 is 2.41 bits per heavy atom. The smallest absolute Gasteiger partial charge is 0.328 e. The van der Waals surface area contributed by atoms with Crippen LogP contribution in [-0.4, -0.2) is 43.4 Å². The molecule has 1 aromatic heterocycles. The lowest BCUT2D eigenvalue weighted by Gasteiger charge is -2.19. The molecule has 0 saturated carbocycles. The fourth-order valence-corrected chi connectivity index (χ4v) is 1.35. The van der Waals surface area contributed by atoms with Gasteiger partial charge in [0.15, 0.2) is 0 Å². The average molecular weight is 236 g/mol. The summed E-state index contributed by atoms with van der Waals surface area (Å²) in [6, 6.07) is 3.60. The van der Waals surface area contributed by atoms with Crippen LogP contribution in [0.25, 0.3) is 6.08 Å². The number of methoxy groups -OCH3 is 1. The van der Waals surface area contributed by atoms with Crippen molar-refractivity contribution >= 4 is 17.9 Å². The fourth-order valence-electron chi connectivity index (χ4n) is 1.35. The molecule has 0 spiro atoms. The molecule has 0 aliphatic heterocycles. The largest absolute Gasteiger partial charge is 0.478 e. The monoisotopic (exact) mass is 236 g/mol. The first-order valence-corrected chi connectivity index (χ1v) is 5.21. The molecule has 0 fully saturated rings. The number of pyridine rings is 1. The number of carboxylic acids is 1. The number of carboxylic acid groups (broad SMARTS) is 1. The van der Waals surface area contributed by atoms with Gasteiger partial charge in [-0.1, -0.05) is 0 Å². The van der Waals surface area contributed by atoms with Crippen LogP contribution in [0.5, 0.6) is 0 Å². The molecule has 0 aliphatic rings. The van der Waals surface area contributed by atoms with Gasteiger partial charge in [-0.2, -0.15) is 0 Å². The number of aromatic nitrogens is 1. The van der Waals surface area contributed by atoms with Gasteiger partial charge in [0.1, 0.15) is 5.82 Å². The van der Waals surface area contributed by atoms with E-state index in [0.717, 1.165) is 17.5 Å². The van der Waals surface area contributed by atoms with E-state index in [1.165, 1.54) is 6.08 Å². The van der Waals surface area contributed by atoms with Crippen LogP contribution in [0.4, 0.5) is 5.82 Å². The van der Waals surface area contributed by atoms with Gasteiger partial charge in [-0.3, -0.25) is 0 Å². The van der Waals surface area contributed by atoms with E-state index in [-0.39, 0.29) is 0 Å². The van der Waals surface area contributed by atoms with Gasteiger partial charge in [-0.05, 0) is 18.2 Å². The van der Waals surface area contributed by atoms with E-state index in [4.69, 9.17) is 9.84 Å². The molecule has 0 aliphatic carbocycles. The quantitative estimate of drug-likeness (QED) is 0.753. The lowest BCUT2D eigenvalue weighted by Crippen LogP contribution is -2.23. The molecule has 0 atom stereocenters. The highest BCUT2D eigenvalue weighted by Crippen LogP contribution is 2.16. The zero-order valence-corrected chi connectivity index (χ0v) is 9.96. The predicted molar refractivity (Wildman–Crippen MR) is 66.1 cm³/mol. The molecule has 1 N–H and O–H groups in total. The summed E-state index contributed by atoms with van der Waals surface area (Å²) in [5.41, 5.74) is 0.772. The minimum atomic E-state index is -0.973. The van der Waals surface area contributed by atoms with E-state index in [2.05, 4.69) is 4.98 Å². The molecule has 5 heteroatoms. The van der Waals surface area contributed by atoms with E-state index < -0.39 is 5.97 Å². The van der Waals surface area contributed by atoms with Crippen molar-refractivity contribution in [3.05, 3.63) is 30.0 Å². The van der Waals surface area contributed by atoms with Crippen molar-refractivity contribution in [2.24, 2.45) is 0 Å². The highest BCUT2D eigenvalue weighted by atomic mass is 16.5. The minimum absolute atomic E-state index is 0.592. The fraction of sp³-hybridized carbons (Fsp3) is 0.333. The van der Waals surface area contributed by atoms with Crippen LogP contribution in [0.3, 0.4) is 0 Å². The third kappa shape index (κ3) is 4.24. The predicted octanol–water partition coefficient (Wildman–Crippen LogP) is 1.26. The summed E-state index contributed by atoms with van der Waals surface area (Å²) in [7, 11) is 3.52. The van der Waals surface area contributed by atoms with E-state index in [9.17, 15) is 4.79 Å². The number of likely N-dealkylation sites (N-methyl/N-ethyl adjacent to an activating group) is 1. The molecule has 0 aromatic carbocycles. The van der Waals surface area contributed by atoms with E-state index in [1.807, 2.05) is 18.0 Å². The van der Waals surface area contributed by atoms with Crippen molar-refractivity contribution < 1.29 is 14.6 Å². The second-order valence-corrected chi connectivity index (χ2v) is 3.50. The van der Waals surface area contributed by atoms with Crippen LogP contribution in [0.15, 0.2) is 24.4 Å². The highest BCUT2D eigenvalue weighted by molar-refractivity contribution is 5.86. The maximum absolute atomic E-state index is 10.5. The van der Waals surface area contributed by atoms with Crippen LogP contribution >= 0.6 is 0 Å². The van der Waals surface area contributed by atoms with Gasteiger partial charge >= 0.3 is 5.97 Å². The second kappa shape index (κ2) is 6.65. The Morgan fingerprint density at radius 3 is 3.06 bits per heavy atom. The summed E-state index contributed by atoms with van der Waals surface area (Å²) < 4.78 is 4.99. The second-order valence-electron chi connectivity index (χ2n) is 3.50. The summed E-state index contributed by atoms with van der Waals surface area (Å²) in [4.78, 5) is 16.6. The Morgan fingerprint density at radius 1 is 1.65 bits per heavy atom. The lowest BCUT2D eigenvalue weighted by atomic mass is 10.2. The van der Waals surface area contributed by atoms with Gasteiger partial charge in [0.05, 0.1) is 6.61 Å². The first kappa shape index (κ1) is 13.2. The Kier molecular flexibility index (Phi) is 5.16. The summed E-state index contributed by atoms with van der Waals surface area (Å²) in [6.45, 7) is 1.29. The van der Waals surface area contributed by atoms with Crippen LogP contribution in [0.1, 0.15) is 5.56 Å². The molecule has 17 heavy (non-hydrogen) atoms. The molecule has 5 nitrogen and oxygen atoms in total. The van der Waals surface area contributed by atoms with Crippen LogP contribution < -0.4 is 4.90 Å². The van der Waals surface area contributed by atoms with Gasteiger partial charge in [0.2, 0.25) is 0 Å². The van der Waals surface area contributed by atoms with Crippen molar-refractivity contribution in [1.82, 2.24) is 4.98 Å². The number of hydrogen-bond acceptors (Lipinski definition) is 4. The number of rotatable bonds is 6. The molecular weight excluding hydrogens is 220 g/mol. The third-order valence-electron chi connectivity index (χ3n) is 2.21. The topological polar surface area (TPSA) is 62.7 Å². The summed E-state index contributed by atoms with van der Waals surface area (Å²) in [5.74, 6) is -0.235. The Bertz CT molecular complexity index is 404. The highest BCUT2D eigenvalue weighted by Gasteiger charge is 2.06. The molecule has 0 saturated heterocycles. The Hall–Kier alpha value is -1.88. The maximum Gasteiger partial charge on any atom is 0.328 e. The van der Waals surface area contributed by atoms with E-state index in [0.29, 0.717) is 13.2 Å². The molecule has 1 heterocycles.